The van der Waals surface area contributed by atoms with Gasteiger partial charge >= 0.3 is 6.03 Å². The molecular weight excluding hydrogens is 572 g/mol. The molecule has 7 heteroatoms. The molecule has 238 valence electrons. The van der Waals surface area contributed by atoms with E-state index in [1.807, 2.05) is 30.3 Å². The van der Waals surface area contributed by atoms with Crippen molar-refractivity contribution in [1.82, 2.24) is 9.97 Å². The van der Waals surface area contributed by atoms with Crippen LogP contribution in [-0.4, -0.2) is 34.3 Å². The van der Waals surface area contributed by atoms with Crippen molar-refractivity contribution in [2.45, 2.75) is 65.2 Å². The maximum atomic E-state index is 14.3. The maximum absolute atomic E-state index is 14.3. The lowest BCUT2D eigenvalue weighted by Crippen LogP contribution is -2.39. The highest BCUT2D eigenvalue weighted by molar-refractivity contribution is 6.03. The number of hydrogen-bond donors (Lipinski definition) is 3. The predicted molar refractivity (Wildman–Crippen MR) is 189 cm³/mol. The SMILES string of the molecule is CC(C)c1cc(-c2cccc(CCCO)c2)cc(C(C)C)c1NC(=O)N(CCCc1ccccc1)c1cc2cccnc2[nH]c1=O. The number of hydrogen-bond acceptors (Lipinski definition) is 4. The number of nitrogens with one attached hydrogen (secondary N) is 2. The third kappa shape index (κ3) is 7.72. The van der Waals surface area contributed by atoms with Crippen LogP contribution in [0.2, 0.25) is 0 Å². The van der Waals surface area contributed by atoms with Gasteiger partial charge in [-0.05, 0) is 101 Å². The number of pyridine rings is 2. The Morgan fingerprint density at radius 3 is 2.22 bits per heavy atom. The Morgan fingerprint density at radius 1 is 0.826 bits per heavy atom. The minimum absolute atomic E-state index is 0.131. The minimum atomic E-state index is -0.356. The topological polar surface area (TPSA) is 98.3 Å². The van der Waals surface area contributed by atoms with Gasteiger partial charge in [0.05, 0.1) is 0 Å². The second kappa shape index (κ2) is 15.0. The number of anilines is 2. The lowest BCUT2D eigenvalue weighted by molar-refractivity contribution is 0.256. The summed E-state index contributed by atoms with van der Waals surface area (Å²) < 4.78 is 0. The highest BCUT2D eigenvalue weighted by atomic mass is 16.3. The van der Waals surface area contributed by atoms with Gasteiger partial charge in [-0.3, -0.25) is 9.69 Å². The first-order valence-electron chi connectivity index (χ1n) is 16.2. The molecule has 0 radical (unpaired) electrons. The zero-order chi connectivity index (χ0) is 32.6. The summed E-state index contributed by atoms with van der Waals surface area (Å²) in [6.07, 6.45) is 4.63. The molecule has 0 fully saturated rings. The van der Waals surface area contributed by atoms with Crippen molar-refractivity contribution in [3.05, 3.63) is 124 Å². The monoisotopic (exact) mass is 616 g/mol. The standard InChI is InChI=1S/C39H44N4O3/c1-26(2)33-23-32(30-17-8-14-29(22-30)16-11-21-44)24-34(27(3)4)36(33)41-39(46)43(20-10-15-28-12-6-5-7-13-28)35-25-31-18-9-19-40-37(31)42-38(35)45/h5-9,12-14,17-19,22-27,44H,10-11,15-16,20-21H2,1-4H3,(H,41,46)(H,40,42,45). The molecule has 7 nitrogen and oxygen atoms in total. The molecule has 3 aromatic carbocycles. The van der Waals surface area contributed by atoms with E-state index >= 15 is 0 Å². The summed E-state index contributed by atoms with van der Waals surface area (Å²) in [4.78, 5) is 36.4. The van der Waals surface area contributed by atoms with E-state index < -0.39 is 0 Å². The van der Waals surface area contributed by atoms with E-state index in [2.05, 4.69) is 91.5 Å². The molecule has 2 aromatic heterocycles. The number of nitrogens with zero attached hydrogens (tertiary/aromatic N) is 2. The van der Waals surface area contributed by atoms with Crippen molar-refractivity contribution in [2.24, 2.45) is 0 Å². The molecule has 0 aliphatic rings. The van der Waals surface area contributed by atoms with Crippen LogP contribution in [-0.2, 0) is 12.8 Å². The zero-order valence-electron chi connectivity index (χ0n) is 27.2. The number of amides is 2. The first kappa shape index (κ1) is 32.6. The summed E-state index contributed by atoms with van der Waals surface area (Å²) in [6, 6.07) is 28.1. The molecular formula is C39H44N4O3. The van der Waals surface area contributed by atoms with Gasteiger partial charge in [0, 0.05) is 30.4 Å². The molecule has 0 bridgehead atoms. The lowest BCUT2D eigenvalue weighted by Gasteiger charge is -2.27. The minimum Gasteiger partial charge on any atom is -0.396 e. The van der Waals surface area contributed by atoms with E-state index in [1.54, 1.807) is 17.2 Å². The quantitative estimate of drug-likeness (QED) is 0.131. The fourth-order valence-corrected chi connectivity index (χ4v) is 5.91. The summed E-state index contributed by atoms with van der Waals surface area (Å²) in [7, 11) is 0. The van der Waals surface area contributed by atoms with Crippen molar-refractivity contribution < 1.29 is 9.90 Å². The van der Waals surface area contributed by atoms with Gasteiger partial charge in [-0.25, -0.2) is 9.78 Å². The third-order valence-corrected chi connectivity index (χ3v) is 8.38. The van der Waals surface area contributed by atoms with Crippen molar-refractivity contribution in [3.63, 3.8) is 0 Å². The van der Waals surface area contributed by atoms with Crippen LogP contribution in [0.25, 0.3) is 22.2 Å². The van der Waals surface area contributed by atoms with Gasteiger partial charge in [0.1, 0.15) is 11.3 Å². The number of H-pyrrole nitrogens is 1. The van der Waals surface area contributed by atoms with Crippen molar-refractivity contribution in [2.75, 3.05) is 23.4 Å². The Kier molecular flexibility index (Phi) is 10.7. The summed E-state index contributed by atoms with van der Waals surface area (Å²) in [5.74, 6) is 0.263. The summed E-state index contributed by atoms with van der Waals surface area (Å²) >= 11 is 0. The molecule has 2 amide bonds. The van der Waals surface area contributed by atoms with Crippen LogP contribution in [0.15, 0.2) is 95.9 Å². The lowest BCUT2D eigenvalue weighted by atomic mass is 9.88. The molecule has 3 N–H and O–H groups in total. The van der Waals surface area contributed by atoms with Crippen LogP contribution in [0.4, 0.5) is 16.2 Å². The number of aliphatic hydroxyl groups excluding tert-OH is 1. The number of carbonyl (C=O) groups excluding carboxylic acids is 1. The molecule has 0 atom stereocenters. The van der Waals surface area contributed by atoms with E-state index in [1.165, 1.54) is 11.1 Å². The van der Waals surface area contributed by atoms with Crippen LogP contribution in [0.5, 0.6) is 0 Å². The second-order valence-corrected chi connectivity index (χ2v) is 12.5. The molecule has 0 saturated carbocycles. The van der Waals surface area contributed by atoms with Crippen LogP contribution < -0.4 is 15.8 Å². The van der Waals surface area contributed by atoms with Gasteiger partial charge in [-0.2, -0.15) is 0 Å². The predicted octanol–water partition coefficient (Wildman–Crippen LogP) is 8.43. The third-order valence-electron chi connectivity index (χ3n) is 8.38. The number of urea groups is 1. The molecule has 5 rings (SSSR count). The zero-order valence-corrected chi connectivity index (χ0v) is 27.2. The van der Waals surface area contributed by atoms with E-state index in [0.29, 0.717) is 24.3 Å². The Balaban J connectivity index is 1.53. The van der Waals surface area contributed by atoms with E-state index in [9.17, 15) is 14.7 Å². The van der Waals surface area contributed by atoms with Gasteiger partial charge in [-0.15, -0.1) is 0 Å². The number of rotatable bonds is 12. The van der Waals surface area contributed by atoms with Crippen molar-refractivity contribution >= 4 is 28.4 Å². The van der Waals surface area contributed by atoms with Crippen molar-refractivity contribution in [1.29, 1.82) is 0 Å². The number of fused-ring (bicyclic) bond motifs is 1. The molecule has 46 heavy (non-hydrogen) atoms. The molecule has 2 heterocycles. The Hall–Kier alpha value is -4.75. The van der Waals surface area contributed by atoms with Gasteiger partial charge in [-0.1, -0.05) is 82.3 Å². The molecule has 5 aromatic rings. The van der Waals surface area contributed by atoms with Gasteiger partial charge < -0.3 is 15.4 Å². The summed E-state index contributed by atoms with van der Waals surface area (Å²) in [6.45, 7) is 9.07. The number of benzene rings is 3. The second-order valence-electron chi connectivity index (χ2n) is 12.5. The van der Waals surface area contributed by atoms with E-state index in [-0.39, 0.29) is 30.0 Å². The van der Waals surface area contributed by atoms with Gasteiger partial charge in [0.25, 0.3) is 5.56 Å². The Labute approximate surface area is 271 Å². The molecule has 0 aliphatic carbocycles. The molecule has 0 aliphatic heterocycles. The average molecular weight is 617 g/mol. The Morgan fingerprint density at radius 2 is 1.52 bits per heavy atom. The number of carbonyl (C=O) groups is 1. The first-order chi connectivity index (χ1) is 22.2. The van der Waals surface area contributed by atoms with Crippen LogP contribution in [0, 0.1) is 0 Å². The summed E-state index contributed by atoms with van der Waals surface area (Å²) in [5, 5.41) is 13.4. The molecule has 0 saturated heterocycles. The number of aromatic nitrogens is 2. The molecule has 0 spiro atoms. The average Bonchev–Trinajstić information content (AvgIpc) is 3.06. The van der Waals surface area contributed by atoms with Crippen molar-refractivity contribution in [3.8, 4) is 11.1 Å². The highest BCUT2D eigenvalue weighted by Crippen LogP contribution is 2.38. The normalized spacial score (nSPS) is 11.4. The van der Waals surface area contributed by atoms with Crippen LogP contribution in [0.1, 0.15) is 74.6 Å². The van der Waals surface area contributed by atoms with E-state index in [0.717, 1.165) is 52.6 Å². The van der Waals surface area contributed by atoms with Gasteiger partial charge in [0.2, 0.25) is 0 Å². The maximum Gasteiger partial charge on any atom is 0.326 e. The fraction of sp³-hybridized carbons (Fsp3) is 0.308. The number of aliphatic hydroxyl groups is 1. The van der Waals surface area contributed by atoms with Gasteiger partial charge in [0.15, 0.2) is 0 Å². The first-order valence-corrected chi connectivity index (χ1v) is 16.2. The largest absolute Gasteiger partial charge is 0.396 e. The number of aromatic amines is 1. The van der Waals surface area contributed by atoms with Crippen LogP contribution >= 0.6 is 0 Å². The highest BCUT2D eigenvalue weighted by Gasteiger charge is 2.24. The fourth-order valence-electron chi connectivity index (χ4n) is 5.91. The molecule has 0 unspecified atom stereocenters. The Bertz CT molecular complexity index is 1820. The smallest absolute Gasteiger partial charge is 0.326 e. The van der Waals surface area contributed by atoms with Crippen LogP contribution in [0.3, 0.4) is 0 Å². The van der Waals surface area contributed by atoms with E-state index in [4.69, 9.17) is 0 Å². The number of aryl methyl sites for hydroxylation is 2. The summed E-state index contributed by atoms with van der Waals surface area (Å²) in [5.41, 5.74) is 7.86.